The Morgan fingerprint density at radius 1 is 1.20 bits per heavy atom. The van der Waals surface area contributed by atoms with Gasteiger partial charge in [0.15, 0.2) is 0 Å². The zero-order valence-corrected chi connectivity index (χ0v) is 14.8. The number of nitrogens with two attached hydrogens (primary N) is 1. The first-order chi connectivity index (χ1) is 12.0. The molecule has 0 bridgehead atoms. The van der Waals surface area contributed by atoms with Gasteiger partial charge < -0.3 is 11.1 Å². The van der Waals surface area contributed by atoms with Crippen LogP contribution >= 0.6 is 0 Å². The van der Waals surface area contributed by atoms with Gasteiger partial charge >= 0.3 is 0 Å². The topological polar surface area (TPSA) is 89.2 Å². The molecular formula is C19H26N4O2. The molecule has 0 spiro atoms. The molecule has 0 aliphatic heterocycles. The van der Waals surface area contributed by atoms with Crippen LogP contribution in [0.1, 0.15) is 55.1 Å². The Hall–Kier alpha value is -2.34. The van der Waals surface area contributed by atoms with Crippen LogP contribution in [0, 0.1) is 6.92 Å². The first kappa shape index (κ1) is 17.5. The van der Waals surface area contributed by atoms with Gasteiger partial charge in [-0.3, -0.25) is 19.7 Å². The smallest absolute Gasteiger partial charge is 0.255 e. The SMILES string of the molecule is Cc1cc2cc(C(=O)NC3CCCCC3)ccc2n1NC(=O)C(C)N. The molecule has 2 aromatic rings. The van der Waals surface area contributed by atoms with E-state index in [0.29, 0.717) is 5.56 Å². The number of carbonyl (C=O) groups is 2. The van der Waals surface area contributed by atoms with Gasteiger partial charge in [-0.1, -0.05) is 19.3 Å². The highest BCUT2D eigenvalue weighted by Crippen LogP contribution is 2.21. The van der Waals surface area contributed by atoms with Crippen LogP contribution in [0.4, 0.5) is 0 Å². The van der Waals surface area contributed by atoms with Crippen LogP contribution in [-0.4, -0.2) is 28.6 Å². The van der Waals surface area contributed by atoms with Gasteiger partial charge in [-0.05, 0) is 51.0 Å². The quantitative estimate of drug-likeness (QED) is 0.797. The largest absolute Gasteiger partial charge is 0.349 e. The Bertz CT molecular complexity index is 788. The lowest BCUT2D eigenvalue weighted by molar-refractivity contribution is -0.117. The summed E-state index contributed by atoms with van der Waals surface area (Å²) in [7, 11) is 0. The van der Waals surface area contributed by atoms with E-state index in [4.69, 9.17) is 5.73 Å². The van der Waals surface area contributed by atoms with Gasteiger partial charge in [0.2, 0.25) is 0 Å². The molecule has 3 rings (SSSR count). The zero-order valence-electron chi connectivity index (χ0n) is 14.8. The molecule has 1 aliphatic rings. The Labute approximate surface area is 147 Å². The van der Waals surface area contributed by atoms with Crippen LogP contribution in [0.2, 0.25) is 0 Å². The molecule has 1 saturated carbocycles. The predicted octanol–water partition coefficient (Wildman–Crippen LogP) is 2.43. The van der Waals surface area contributed by atoms with Crippen LogP contribution in [-0.2, 0) is 4.79 Å². The molecular weight excluding hydrogens is 316 g/mol. The van der Waals surface area contributed by atoms with E-state index in [-0.39, 0.29) is 17.9 Å². The van der Waals surface area contributed by atoms with E-state index in [2.05, 4.69) is 10.7 Å². The number of fused-ring (bicyclic) bond motifs is 1. The van der Waals surface area contributed by atoms with Crippen molar-refractivity contribution in [3.05, 3.63) is 35.5 Å². The van der Waals surface area contributed by atoms with E-state index in [9.17, 15) is 9.59 Å². The molecule has 25 heavy (non-hydrogen) atoms. The standard InChI is InChI=1S/C19H26N4O2/c1-12-10-15-11-14(19(25)21-16-6-4-3-5-7-16)8-9-17(15)23(12)22-18(24)13(2)20/h8-11,13,16H,3-7,20H2,1-2H3,(H,21,25)(H,22,24). The summed E-state index contributed by atoms with van der Waals surface area (Å²) in [5.74, 6) is -0.279. The first-order valence-electron chi connectivity index (χ1n) is 8.95. The third-order valence-electron chi connectivity index (χ3n) is 4.82. The van der Waals surface area contributed by atoms with Crippen molar-refractivity contribution in [2.75, 3.05) is 5.43 Å². The summed E-state index contributed by atoms with van der Waals surface area (Å²) in [5.41, 5.74) is 10.8. The average molecular weight is 342 g/mol. The number of benzene rings is 1. The van der Waals surface area contributed by atoms with Crippen LogP contribution in [0.5, 0.6) is 0 Å². The molecule has 4 N–H and O–H groups in total. The van der Waals surface area contributed by atoms with Crippen molar-refractivity contribution in [3.8, 4) is 0 Å². The fourth-order valence-corrected chi connectivity index (χ4v) is 3.37. The molecule has 6 nitrogen and oxygen atoms in total. The molecule has 1 aliphatic carbocycles. The number of aryl methyl sites for hydroxylation is 1. The minimum absolute atomic E-state index is 0.0289. The van der Waals surface area contributed by atoms with Crippen molar-refractivity contribution in [3.63, 3.8) is 0 Å². The Balaban J connectivity index is 1.80. The van der Waals surface area contributed by atoms with Crippen LogP contribution in [0.3, 0.4) is 0 Å². The number of aromatic nitrogens is 1. The van der Waals surface area contributed by atoms with E-state index < -0.39 is 6.04 Å². The molecule has 1 aromatic carbocycles. The number of nitrogens with one attached hydrogen (secondary N) is 2. The predicted molar refractivity (Wildman–Crippen MR) is 99.0 cm³/mol. The monoisotopic (exact) mass is 342 g/mol. The maximum atomic E-state index is 12.5. The summed E-state index contributed by atoms with van der Waals surface area (Å²) in [6.45, 7) is 3.55. The second kappa shape index (κ2) is 7.27. The lowest BCUT2D eigenvalue weighted by Gasteiger charge is -2.22. The summed E-state index contributed by atoms with van der Waals surface area (Å²) in [4.78, 5) is 24.4. The van der Waals surface area contributed by atoms with Gasteiger partial charge in [-0.2, -0.15) is 0 Å². The normalized spacial score (nSPS) is 16.6. The van der Waals surface area contributed by atoms with Crippen LogP contribution in [0.15, 0.2) is 24.3 Å². The maximum Gasteiger partial charge on any atom is 0.255 e. The molecule has 2 amide bonds. The minimum atomic E-state index is -0.586. The highest BCUT2D eigenvalue weighted by atomic mass is 16.2. The molecule has 1 heterocycles. The molecule has 1 atom stereocenters. The lowest BCUT2D eigenvalue weighted by atomic mass is 9.95. The Morgan fingerprint density at radius 2 is 1.92 bits per heavy atom. The average Bonchev–Trinajstić information content (AvgIpc) is 2.90. The summed E-state index contributed by atoms with van der Waals surface area (Å²) >= 11 is 0. The molecule has 1 unspecified atom stereocenters. The van der Waals surface area contributed by atoms with E-state index >= 15 is 0 Å². The van der Waals surface area contributed by atoms with Gasteiger partial charge in [-0.25, -0.2) is 0 Å². The third kappa shape index (κ3) is 3.85. The molecule has 0 saturated heterocycles. The fourth-order valence-electron chi connectivity index (χ4n) is 3.37. The molecule has 1 aromatic heterocycles. The fraction of sp³-hybridized carbons (Fsp3) is 0.474. The Kier molecular flexibility index (Phi) is 5.08. The molecule has 0 radical (unpaired) electrons. The van der Waals surface area contributed by atoms with Crippen LogP contribution < -0.4 is 16.5 Å². The van der Waals surface area contributed by atoms with Crippen molar-refractivity contribution < 1.29 is 9.59 Å². The van der Waals surface area contributed by atoms with Gasteiger partial charge in [0, 0.05) is 22.7 Å². The van der Waals surface area contributed by atoms with Crippen LogP contribution in [0.25, 0.3) is 10.9 Å². The second-order valence-corrected chi connectivity index (χ2v) is 6.97. The summed E-state index contributed by atoms with van der Waals surface area (Å²) < 4.78 is 1.71. The zero-order chi connectivity index (χ0) is 18.0. The molecule has 134 valence electrons. The minimum Gasteiger partial charge on any atom is -0.349 e. The number of amides is 2. The highest BCUT2D eigenvalue weighted by Gasteiger charge is 2.18. The van der Waals surface area contributed by atoms with Gasteiger partial charge in [0.25, 0.3) is 11.8 Å². The van der Waals surface area contributed by atoms with Crippen molar-refractivity contribution >= 4 is 22.7 Å². The lowest BCUT2D eigenvalue weighted by Crippen LogP contribution is -2.37. The summed E-state index contributed by atoms with van der Waals surface area (Å²) in [5, 5.41) is 4.05. The molecule has 1 fully saturated rings. The number of carbonyl (C=O) groups excluding carboxylic acids is 2. The summed E-state index contributed by atoms with van der Waals surface area (Å²) in [6.07, 6.45) is 5.76. The summed E-state index contributed by atoms with van der Waals surface area (Å²) in [6, 6.07) is 7.18. The van der Waals surface area contributed by atoms with E-state index in [0.717, 1.165) is 29.4 Å². The van der Waals surface area contributed by atoms with Crippen molar-refractivity contribution in [1.82, 2.24) is 9.99 Å². The maximum absolute atomic E-state index is 12.5. The van der Waals surface area contributed by atoms with Crippen molar-refractivity contribution in [1.29, 1.82) is 0 Å². The number of hydrogen-bond acceptors (Lipinski definition) is 3. The van der Waals surface area contributed by atoms with Gasteiger partial charge in [0.1, 0.15) is 0 Å². The van der Waals surface area contributed by atoms with Crippen molar-refractivity contribution in [2.45, 2.75) is 58.0 Å². The molecule has 6 heteroatoms. The highest BCUT2D eigenvalue weighted by molar-refractivity contribution is 5.99. The number of rotatable bonds is 4. The van der Waals surface area contributed by atoms with E-state index in [1.165, 1.54) is 19.3 Å². The second-order valence-electron chi connectivity index (χ2n) is 6.97. The first-order valence-corrected chi connectivity index (χ1v) is 8.95. The number of nitrogens with zero attached hydrogens (tertiary/aromatic N) is 1. The number of hydrogen-bond donors (Lipinski definition) is 3. The van der Waals surface area contributed by atoms with Gasteiger partial charge in [-0.15, -0.1) is 0 Å². The third-order valence-corrected chi connectivity index (χ3v) is 4.82. The van der Waals surface area contributed by atoms with E-state index in [1.54, 1.807) is 17.7 Å². The van der Waals surface area contributed by atoms with Gasteiger partial charge in [0.05, 0.1) is 11.6 Å². The Morgan fingerprint density at radius 3 is 2.60 bits per heavy atom. The van der Waals surface area contributed by atoms with E-state index in [1.807, 2.05) is 25.1 Å². The van der Waals surface area contributed by atoms with Crippen molar-refractivity contribution in [2.24, 2.45) is 5.73 Å².